The van der Waals surface area contributed by atoms with Crippen molar-refractivity contribution >= 4 is 0 Å². The summed E-state index contributed by atoms with van der Waals surface area (Å²) in [6.07, 6.45) is 3.77. The molecule has 88 valence electrons. The molecule has 2 nitrogen and oxygen atoms in total. The highest BCUT2D eigenvalue weighted by Gasteiger charge is 2.09. The third-order valence-electron chi connectivity index (χ3n) is 2.57. The summed E-state index contributed by atoms with van der Waals surface area (Å²) < 4.78 is 25.8. The van der Waals surface area contributed by atoms with E-state index < -0.39 is 11.6 Å². The van der Waals surface area contributed by atoms with Gasteiger partial charge in [0.2, 0.25) is 0 Å². The quantitative estimate of drug-likeness (QED) is 0.886. The smallest absolute Gasteiger partial charge is 0.159 e. The van der Waals surface area contributed by atoms with E-state index in [0.717, 1.165) is 11.6 Å². The highest BCUT2D eigenvalue weighted by atomic mass is 19.2. The molecule has 2 N–H and O–H groups in total. The van der Waals surface area contributed by atoms with Gasteiger partial charge in [0.05, 0.1) is 0 Å². The van der Waals surface area contributed by atoms with Crippen molar-refractivity contribution in [2.45, 2.75) is 12.5 Å². The van der Waals surface area contributed by atoms with E-state index in [1.807, 2.05) is 12.1 Å². The van der Waals surface area contributed by atoms with Gasteiger partial charge in [0.15, 0.2) is 11.6 Å². The Kier molecular flexibility index (Phi) is 3.44. The minimum absolute atomic E-state index is 0.247. The van der Waals surface area contributed by atoms with Crippen LogP contribution in [0.2, 0.25) is 0 Å². The van der Waals surface area contributed by atoms with E-state index >= 15 is 0 Å². The maximum atomic E-state index is 13.0. The van der Waals surface area contributed by atoms with Crippen LogP contribution in [0.15, 0.2) is 42.7 Å². The second-order valence-electron chi connectivity index (χ2n) is 3.84. The molecule has 0 aliphatic carbocycles. The van der Waals surface area contributed by atoms with Gasteiger partial charge >= 0.3 is 0 Å². The van der Waals surface area contributed by atoms with E-state index in [2.05, 4.69) is 4.98 Å². The van der Waals surface area contributed by atoms with Crippen molar-refractivity contribution in [1.82, 2.24) is 4.98 Å². The van der Waals surface area contributed by atoms with E-state index in [-0.39, 0.29) is 6.04 Å². The lowest BCUT2D eigenvalue weighted by molar-refractivity contribution is 0.506. The molecule has 4 heteroatoms. The molecule has 0 bridgehead atoms. The zero-order valence-electron chi connectivity index (χ0n) is 9.11. The van der Waals surface area contributed by atoms with Gasteiger partial charge in [-0.3, -0.25) is 4.98 Å². The molecule has 1 aromatic heterocycles. The number of hydrogen-bond acceptors (Lipinski definition) is 2. The minimum Gasteiger partial charge on any atom is -0.324 e. The SMILES string of the molecule is NC(Cc1ccc(F)c(F)c1)c1ccncc1. The number of rotatable bonds is 3. The fourth-order valence-corrected chi connectivity index (χ4v) is 1.65. The van der Waals surface area contributed by atoms with Gasteiger partial charge in [-0.2, -0.15) is 0 Å². The van der Waals surface area contributed by atoms with E-state index in [0.29, 0.717) is 12.0 Å². The maximum absolute atomic E-state index is 13.0. The summed E-state index contributed by atoms with van der Waals surface area (Å²) >= 11 is 0. The normalized spacial score (nSPS) is 12.4. The van der Waals surface area contributed by atoms with Crippen LogP contribution < -0.4 is 5.73 Å². The highest BCUT2D eigenvalue weighted by Crippen LogP contribution is 2.17. The van der Waals surface area contributed by atoms with E-state index in [1.165, 1.54) is 6.07 Å². The van der Waals surface area contributed by atoms with Crippen molar-refractivity contribution in [3.63, 3.8) is 0 Å². The number of aromatic nitrogens is 1. The van der Waals surface area contributed by atoms with Crippen LogP contribution in [-0.4, -0.2) is 4.98 Å². The lowest BCUT2D eigenvalue weighted by Crippen LogP contribution is -2.13. The second-order valence-corrected chi connectivity index (χ2v) is 3.84. The minimum atomic E-state index is -0.843. The first-order chi connectivity index (χ1) is 8.16. The van der Waals surface area contributed by atoms with Gasteiger partial charge in [-0.25, -0.2) is 8.78 Å². The molecule has 0 fully saturated rings. The van der Waals surface area contributed by atoms with E-state index in [9.17, 15) is 8.78 Å². The first kappa shape index (κ1) is 11.7. The Bertz CT molecular complexity index is 500. The van der Waals surface area contributed by atoms with Crippen molar-refractivity contribution in [3.8, 4) is 0 Å². The first-order valence-electron chi connectivity index (χ1n) is 5.26. The molecular formula is C13H12F2N2. The Morgan fingerprint density at radius 2 is 1.76 bits per heavy atom. The molecule has 1 aromatic carbocycles. The van der Waals surface area contributed by atoms with Crippen LogP contribution >= 0.6 is 0 Å². The molecule has 17 heavy (non-hydrogen) atoms. The molecule has 0 amide bonds. The summed E-state index contributed by atoms with van der Waals surface area (Å²) in [5, 5.41) is 0. The van der Waals surface area contributed by atoms with Crippen molar-refractivity contribution in [1.29, 1.82) is 0 Å². The zero-order chi connectivity index (χ0) is 12.3. The van der Waals surface area contributed by atoms with Crippen LogP contribution in [0.4, 0.5) is 8.78 Å². The standard InChI is InChI=1S/C13H12F2N2/c14-11-2-1-9(7-12(11)15)8-13(16)10-3-5-17-6-4-10/h1-7,13H,8,16H2. The lowest BCUT2D eigenvalue weighted by Gasteiger charge is -2.11. The monoisotopic (exact) mass is 234 g/mol. The molecule has 1 heterocycles. The van der Waals surface area contributed by atoms with Crippen LogP contribution in [0.5, 0.6) is 0 Å². The third-order valence-corrected chi connectivity index (χ3v) is 2.57. The van der Waals surface area contributed by atoms with Gasteiger partial charge < -0.3 is 5.73 Å². The van der Waals surface area contributed by atoms with Gasteiger partial charge in [0, 0.05) is 18.4 Å². The number of pyridine rings is 1. The third kappa shape index (κ3) is 2.85. The fraction of sp³-hybridized carbons (Fsp3) is 0.154. The average Bonchev–Trinajstić information content (AvgIpc) is 2.35. The second kappa shape index (κ2) is 5.01. The average molecular weight is 234 g/mol. The topological polar surface area (TPSA) is 38.9 Å². The number of hydrogen-bond donors (Lipinski definition) is 1. The lowest BCUT2D eigenvalue weighted by atomic mass is 10.0. The molecule has 0 aliphatic rings. The summed E-state index contributed by atoms with van der Waals surface area (Å²) in [6, 6.07) is 7.21. The number of halogens is 2. The molecule has 1 unspecified atom stereocenters. The van der Waals surface area contributed by atoms with Gasteiger partial charge in [-0.15, -0.1) is 0 Å². The summed E-state index contributed by atoms with van der Waals surface area (Å²) in [4.78, 5) is 3.90. The van der Waals surface area contributed by atoms with Crippen LogP contribution in [-0.2, 0) is 6.42 Å². The Hall–Kier alpha value is -1.81. The van der Waals surface area contributed by atoms with Gasteiger partial charge in [-0.05, 0) is 41.8 Å². The number of benzene rings is 1. The van der Waals surface area contributed by atoms with Gasteiger partial charge in [0.1, 0.15) is 0 Å². The van der Waals surface area contributed by atoms with Crippen LogP contribution in [0.3, 0.4) is 0 Å². The molecule has 0 spiro atoms. The Morgan fingerprint density at radius 3 is 2.41 bits per heavy atom. The summed E-state index contributed by atoms with van der Waals surface area (Å²) in [6.45, 7) is 0. The molecule has 0 aliphatic heterocycles. The molecule has 1 atom stereocenters. The largest absolute Gasteiger partial charge is 0.324 e. The van der Waals surface area contributed by atoms with E-state index in [4.69, 9.17) is 5.73 Å². The molecular weight excluding hydrogens is 222 g/mol. The first-order valence-corrected chi connectivity index (χ1v) is 5.26. The van der Waals surface area contributed by atoms with Gasteiger partial charge in [-0.1, -0.05) is 6.07 Å². The van der Waals surface area contributed by atoms with E-state index in [1.54, 1.807) is 18.5 Å². The summed E-state index contributed by atoms with van der Waals surface area (Å²) in [5.41, 5.74) is 7.57. The number of nitrogens with zero attached hydrogens (tertiary/aromatic N) is 1. The summed E-state index contributed by atoms with van der Waals surface area (Å²) in [7, 11) is 0. The summed E-state index contributed by atoms with van der Waals surface area (Å²) in [5.74, 6) is -1.68. The van der Waals surface area contributed by atoms with Crippen molar-refractivity contribution < 1.29 is 8.78 Å². The van der Waals surface area contributed by atoms with Gasteiger partial charge in [0.25, 0.3) is 0 Å². The zero-order valence-corrected chi connectivity index (χ0v) is 9.11. The highest BCUT2D eigenvalue weighted by molar-refractivity contribution is 5.22. The van der Waals surface area contributed by atoms with Crippen molar-refractivity contribution in [2.24, 2.45) is 5.73 Å². The molecule has 0 saturated heterocycles. The van der Waals surface area contributed by atoms with Crippen molar-refractivity contribution in [2.75, 3.05) is 0 Å². The Balaban J connectivity index is 2.13. The van der Waals surface area contributed by atoms with Crippen LogP contribution in [0.1, 0.15) is 17.2 Å². The molecule has 2 aromatic rings. The number of nitrogens with two attached hydrogens (primary N) is 1. The van der Waals surface area contributed by atoms with Crippen LogP contribution in [0.25, 0.3) is 0 Å². The predicted octanol–water partition coefficient (Wildman–Crippen LogP) is 2.60. The fourth-order valence-electron chi connectivity index (χ4n) is 1.65. The van der Waals surface area contributed by atoms with Crippen LogP contribution in [0, 0.1) is 11.6 Å². The molecule has 0 saturated carbocycles. The maximum Gasteiger partial charge on any atom is 0.159 e. The van der Waals surface area contributed by atoms with Crippen molar-refractivity contribution in [3.05, 3.63) is 65.5 Å². The predicted molar refractivity (Wildman–Crippen MR) is 61.2 cm³/mol. The Labute approximate surface area is 98.1 Å². The molecule has 0 radical (unpaired) electrons. The Morgan fingerprint density at radius 1 is 1.06 bits per heavy atom. The molecule has 2 rings (SSSR count).